The predicted molar refractivity (Wildman–Crippen MR) is 61.0 cm³/mol. The third kappa shape index (κ3) is 3.28. The lowest BCUT2D eigenvalue weighted by molar-refractivity contribution is -0.117. The summed E-state index contributed by atoms with van der Waals surface area (Å²) >= 11 is 3.21. The van der Waals surface area contributed by atoms with Gasteiger partial charge in [-0.15, -0.1) is 0 Å². The van der Waals surface area contributed by atoms with Crippen molar-refractivity contribution >= 4 is 27.5 Å². The number of carbonyl (C=O) groups excluding carboxylic acids is 1. The van der Waals surface area contributed by atoms with E-state index in [9.17, 15) is 9.18 Å². The Kier molecular flexibility index (Phi) is 4.23. The van der Waals surface area contributed by atoms with E-state index < -0.39 is 11.9 Å². The van der Waals surface area contributed by atoms with E-state index in [1.165, 1.54) is 18.2 Å². The smallest absolute Gasteiger partial charge is 0.241 e. The largest absolute Gasteiger partial charge is 0.324 e. The Balaban J connectivity index is 2.80. The number of hydrogen-bond acceptors (Lipinski definition) is 2. The van der Waals surface area contributed by atoms with Crippen LogP contribution in [0.15, 0.2) is 22.7 Å². The first kappa shape index (κ1) is 12.1. The molecule has 3 nitrogen and oxygen atoms in total. The van der Waals surface area contributed by atoms with Gasteiger partial charge in [0.1, 0.15) is 5.82 Å². The van der Waals surface area contributed by atoms with E-state index in [1.54, 1.807) is 0 Å². The van der Waals surface area contributed by atoms with Crippen molar-refractivity contribution in [3.63, 3.8) is 0 Å². The summed E-state index contributed by atoms with van der Waals surface area (Å²) in [5.74, 6) is -0.720. The van der Waals surface area contributed by atoms with Crippen molar-refractivity contribution in [1.82, 2.24) is 0 Å². The third-order valence-corrected chi connectivity index (χ3v) is 2.65. The molecular weight excluding hydrogens is 263 g/mol. The Labute approximate surface area is 96.0 Å². The number of benzene rings is 1. The fourth-order valence-corrected chi connectivity index (χ4v) is 1.35. The Morgan fingerprint density at radius 1 is 1.67 bits per heavy atom. The number of rotatable bonds is 3. The number of hydrogen-bond donors (Lipinski definition) is 2. The summed E-state index contributed by atoms with van der Waals surface area (Å²) in [5, 5.41) is 2.55. The Hall–Kier alpha value is -0.940. The van der Waals surface area contributed by atoms with Crippen LogP contribution in [0.3, 0.4) is 0 Å². The van der Waals surface area contributed by atoms with Crippen LogP contribution in [0.25, 0.3) is 0 Å². The van der Waals surface area contributed by atoms with Gasteiger partial charge in [0.2, 0.25) is 5.91 Å². The van der Waals surface area contributed by atoms with Crippen LogP contribution in [0.5, 0.6) is 0 Å². The summed E-state index contributed by atoms with van der Waals surface area (Å²) in [6.45, 7) is 1.81. The molecule has 3 N–H and O–H groups in total. The molecule has 1 aromatic carbocycles. The van der Waals surface area contributed by atoms with Crippen LogP contribution in [0.1, 0.15) is 13.3 Å². The molecule has 5 heteroatoms. The average molecular weight is 275 g/mol. The number of anilines is 1. The van der Waals surface area contributed by atoms with Gasteiger partial charge < -0.3 is 11.1 Å². The summed E-state index contributed by atoms with van der Waals surface area (Å²) in [7, 11) is 0. The molecule has 1 atom stereocenters. The summed E-state index contributed by atoms with van der Waals surface area (Å²) in [4.78, 5) is 11.4. The van der Waals surface area contributed by atoms with E-state index >= 15 is 0 Å². The van der Waals surface area contributed by atoms with Gasteiger partial charge in [-0.25, -0.2) is 4.39 Å². The highest BCUT2D eigenvalue weighted by Gasteiger charge is 2.12. The average Bonchev–Trinajstić information content (AvgIpc) is 2.22. The summed E-state index contributed by atoms with van der Waals surface area (Å²) in [6, 6.07) is 3.51. The molecule has 1 amide bonds. The molecule has 82 valence electrons. The zero-order chi connectivity index (χ0) is 11.4. The van der Waals surface area contributed by atoms with Crippen molar-refractivity contribution in [3.05, 3.63) is 28.5 Å². The Morgan fingerprint density at radius 2 is 2.33 bits per heavy atom. The Morgan fingerprint density at radius 3 is 2.93 bits per heavy atom. The molecule has 0 spiro atoms. The predicted octanol–water partition coefficient (Wildman–Crippen LogP) is 2.26. The highest BCUT2D eigenvalue weighted by atomic mass is 79.9. The quantitative estimate of drug-likeness (QED) is 0.889. The van der Waals surface area contributed by atoms with Crippen molar-refractivity contribution in [2.75, 3.05) is 5.32 Å². The molecule has 1 aromatic rings. The molecular formula is C10H12BrFN2O. The first-order chi connectivity index (χ1) is 7.04. The number of amides is 1. The molecule has 0 bridgehead atoms. The minimum absolute atomic E-state index is 0.316. The van der Waals surface area contributed by atoms with Gasteiger partial charge in [0, 0.05) is 4.47 Å². The minimum Gasteiger partial charge on any atom is -0.324 e. The molecule has 15 heavy (non-hydrogen) atoms. The van der Waals surface area contributed by atoms with Crippen LogP contribution in [0.4, 0.5) is 10.1 Å². The van der Waals surface area contributed by atoms with Crippen LogP contribution in [-0.2, 0) is 4.79 Å². The topological polar surface area (TPSA) is 55.1 Å². The second kappa shape index (κ2) is 5.23. The molecule has 0 aliphatic rings. The van der Waals surface area contributed by atoms with Crippen LogP contribution < -0.4 is 11.1 Å². The van der Waals surface area contributed by atoms with Gasteiger partial charge in [0.15, 0.2) is 0 Å². The molecule has 1 unspecified atom stereocenters. The standard InChI is InChI=1S/C10H12BrFN2O/c1-2-8(13)10(15)14-9-5-6(12)3-4-7(9)11/h3-5,8H,2,13H2,1H3,(H,14,15). The summed E-state index contributed by atoms with van der Waals surface area (Å²) in [5.41, 5.74) is 5.92. The van der Waals surface area contributed by atoms with Gasteiger partial charge in [-0.2, -0.15) is 0 Å². The molecule has 0 aliphatic carbocycles. The van der Waals surface area contributed by atoms with Gasteiger partial charge in [0.05, 0.1) is 11.7 Å². The van der Waals surface area contributed by atoms with Crippen LogP contribution in [0.2, 0.25) is 0 Å². The van der Waals surface area contributed by atoms with E-state index in [0.29, 0.717) is 16.6 Å². The lowest BCUT2D eigenvalue weighted by Crippen LogP contribution is -2.34. The fourth-order valence-electron chi connectivity index (χ4n) is 1.00. The number of carbonyl (C=O) groups is 1. The molecule has 0 aliphatic heterocycles. The van der Waals surface area contributed by atoms with Gasteiger partial charge >= 0.3 is 0 Å². The summed E-state index contributed by atoms with van der Waals surface area (Å²) in [6.07, 6.45) is 0.540. The van der Waals surface area contributed by atoms with E-state index in [1.807, 2.05) is 6.92 Å². The molecule has 0 saturated heterocycles. The summed E-state index contributed by atoms with van der Waals surface area (Å²) < 4.78 is 13.5. The van der Waals surface area contributed by atoms with Crippen molar-refractivity contribution in [2.45, 2.75) is 19.4 Å². The maximum Gasteiger partial charge on any atom is 0.241 e. The molecule has 0 heterocycles. The van der Waals surface area contributed by atoms with Crippen molar-refractivity contribution in [3.8, 4) is 0 Å². The second-order valence-electron chi connectivity index (χ2n) is 3.13. The lowest BCUT2D eigenvalue weighted by Gasteiger charge is -2.11. The molecule has 1 rings (SSSR count). The maximum atomic E-state index is 12.9. The number of nitrogens with one attached hydrogen (secondary N) is 1. The molecule has 0 aromatic heterocycles. The molecule has 0 saturated carbocycles. The van der Waals surface area contributed by atoms with Gasteiger partial charge in [-0.3, -0.25) is 4.79 Å². The van der Waals surface area contributed by atoms with Crippen LogP contribution in [0, 0.1) is 5.82 Å². The first-order valence-electron chi connectivity index (χ1n) is 4.56. The monoisotopic (exact) mass is 274 g/mol. The van der Waals surface area contributed by atoms with Crippen molar-refractivity contribution in [2.24, 2.45) is 5.73 Å². The normalized spacial score (nSPS) is 12.3. The van der Waals surface area contributed by atoms with E-state index in [-0.39, 0.29) is 5.91 Å². The number of nitrogens with two attached hydrogens (primary N) is 1. The molecule has 0 radical (unpaired) electrons. The van der Waals surface area contributed by atoms with Gasteiger partial charge in [-0.05, 0) is 40.5 Å². The lowest BCUT2D eigenvalue weighted by atomic mass is 10.2. The van der Waals surface area contributed by atoms with E-state index in [0.717, 1.165) is 0 Å². The zero-order valence-electron chi connectivity index (χ0n) is 8.26. The zero-order valence-corrected chi connectivity index (χ0v) is 9.84. The SMILES string of the molecule is CCC(N)C(=O)Nc1cc(F)ccc1Br. The number of halogens is 2. The molecule has 0 fully saturated rings. The van der Waals surface area contributed by atoms with Gasteiger partial charge in [-0.1, -0.05) is 6.92 Å². The highest BCUT2D eigenvalue weighted by Crippen LogP contribution is 2.23. The van der Waals surface area contributed by atoms with Crippen LogP contribution in [-0.4, -0.2) is 11.9 Å². The highest BCUT2D eigenvalue weighted by molar-refractivity contribution is 9.10. The second-order valence-corrected chi connectivity index (χ2v) is 3.98. The van der Waals surface area contributed by atoms with Gasteiger partial charge in [0.25, 0.3) is 0 Å². The van der Waals surface area contributed by atoms with E-state index in [2.05, 4.69) is 21.2 Å². The van der Waals surface area contributed by atoms with Crippen molar-refractivity contribution in [1.29, 1.82) is 0 Å². The van der Waals surface area contributed by atoms with Crippen molar-refractivity contribution < 1.29 is 9.18 Å². The third-order valence-electron chi connectivity index (χ3n) is 1.96. The fraction of sp³-hybridized carbons (Fsp3) is 0.300. The van der Waals surface area contributed by atoms with Crippen LogP contribution >= 0.6 is 15.9 Å². The van der Waals surface area contributed by atoms with E-state index in [4.69, 9.17) is 5.73 Å². The minimum atomic E-state index is -0.569. The maximum absolute atomic E-state index is 12.9. The first-order valence-corrected chi connectivity index (χ1v) is 5.35. The Bertz CT molecular complexity index is 370.